The molecule has 0 saturated heterocycles. The Labute approximate surface area is 111 Å². The van der Waals surface area contributed by atoms with Crippen LogP contribution in [0.4, 0.5) is 0 Å². The van der Waals surface area contributed by atoms with Crippen LogP contribution in [0.15, 0.2) is 0 Å². The SMILES string of the molecule is CSCCCCCCNCC(=O)NC(C)(C)C. The monoisotopic (exact) mass is 260 g/mol. The fraction of sp³-hybridized carbons (Fsp3) is 0.923. The summed E-state index contributed by atoms with van der Waals surface area (Å²) >= 11 is 1.91. The molecule has 102 valence electrons. The molecule has 2 N–H and O–H groups in total. The van der Waals surface area contributed by atoms with Gasteiger partial charge in [-0.2, -0.15) is 11.8 Å². The first-order valence-corrected chi connectivity index (χ1v) is 7.86. The number of hydrogen-bond donors (Lipinski definition) is 2. The molecule has 0 saturated carbocycles. The predicted octanol–water partition coefficient (Wildman–Crippen LogP) is 2.41. The lowest BCUT2D eigenvalue weighted by atomic mass is 10.1. The summed E-state index contributed by atoms with van der Waals surface area (Å²) in [7, 11) is 0. The molecule has 0 heterocycles. The maximum atomic E-state index is 11.5. The number of rotatable bonds is 9. The highest BCUT2D eigenvalue weighted by Crippen LogP contribution is 2.03. The second kappa shape index (κ2) is 9.77. The molecule has 0 aromatic carbocycles. The molecule has 0 aromatic rings. The number of amides is 1. The van der Waals surface area contributed by atoms with E-state index in [0.717, 1.165) is 13.0 Å². The van der Waals surface area contributed by atoms with Gasteiger partial charge >= 0.3 is 0 Å². The van der Waals surface area contributed by atoms with Crippen molar-refractivity contribution in [1.82, 2.24) is 10.6 Å². The lowest BCUT2D eigenvalue weighted by molar-refractivity contribution is -0.121. The minimum absolute atomic E-state index is 0.0832. The minimum Gasteiger partial charge on any atom is -0.350 e. The molecule has 0 spiro atoms. The van der Waals surface area contributed by atoms with Gasteiger partial charge in [0.1, 0.15) is 0 Å². The third-order valence-corrected chi connectivity index (χ3v) is 2.95. The molecule has 0 aliphatic heterocycles. The second-order valence-electron chi connectivity index (χ2n) is 5.38. The number of hydrogen-bond acceptors (Lipinski definition) is 3. The Hall–Kier alpha value is -0.220. The van der Waals surface area contributed by atoms with E-state index in [-0.39, 0.29) is 11.4 Å². The topological polar surface area (TPSA) is 41.1 Å². The van der Waals surface area contributed by atoms with Crippen molar-refractivity contribution in [3.8, 4) is 0 Å². The highest BCUT2D eigenvalue weighted by Gasteiger charge is 2.12. The van der Waals surface area contributed by atoms with Gasteiger partial charge in [-0.15, -0.1) is 0 Å². The first kappa shape index (κ1) is 16.8. The summed E-state index contributed by atoms with van der Waals surface area (Å²) in [6, 6.07) is 0. The van der Waals surface area contributed by atoms with Crippen molar-refractivity contribution in [3.05, 3.63) is 0 Å². The van der Waals surface area contributed by atoms with Gasteiger partial charge in [-0.05, 0) is 52.2 Å². The molecule has 17 heavy (non-hydrogen) atoms. The summed E-state index contributed by atoms with van der Waals surface area (Å²) in [6.45, 7) is 7.36. The lowest BCUT2D eigenvalue weighted by Crippen LogP contribution is -2.44. The molecule has 0 atom stereocenters. The molecule has 0 aliphatic carbocycles. The average molecular weight is 260 g/mol. The van der Waals surface area contributed by atoms with Gasteiger partial charge in [0.05, 0.1) is 6.54 Å². The van der Waals surface area contributed by atoms with Crippen LogP contribution in [-0.2, 0) is 4.79 Å². The summed E-state index contributed by atoms with van der Waals surface area (Å²) in [4.78, 5) is 11.5. The molecule has 0 unspecified atom stereocenters. The second-order valence-corrected chi connectivity index (χ2v) is 6.37. The van der Waals surface area contributed by atoms with Crippen LogP contribution in [0.25, 0.3) is 0 Å². The number of nitrogens with one attached hydrogen (secondary N) is 2. The summed E-state index contributed by atoms with van der Waals surface area (Å²) in [5, 5.41) is 6.12. The van der Waals surface area contributed by atoms with Crippen LogP contribution < -0.4 is 10.6 Å². The van der Waals surface area contributed by atoms with Crippen molar-refractivity contribution in [1.29, 1.82) is 0 Å². The van der Waals surface area contributed by atoms with Crippen LogP contribution in [0.1, 0.15) is 46.5 Å². The first-order valence-electron chi connectivity index (χ1n) is 6.46. The van der Waals surface area contributed by atoms with Gasteiger partial charge < -0.3 is 10.6 Å². The normalized spacial score (nSPS) is 11.5. The van der Waals surface area contributed by atoms with Crippen LogP contribution >= 0.6 is 11.8 Å². The summed E-state index contributed by atoms with van der Waals surface area (Å²) in [5.74, 6) is 1.35. The maximum absolute atomic E-state index is 11.5. The van der Waals surface area contributed by atoms with E-state index in [4.69, 9.17) is 0 Å². The van der Waals surface area contributed by atoms with Gasteiger partial charge in [0.2, 0.25) is 5.91 Å². The minimum atomic E-state index is -0.128. The van der Waals surface area contributed by atoms with E-state index in [1.165, 1.54) is 25.0 Å². The van der Waals surface area contributed by atoms with Crippen LogP contribution in [0.5, 0.6) is 0 Å². The van der Waals surface area contributed by atoms with E-state index in [1.54, 1.807) is 0 Å². The lowest BCUT2D eigenvalue weighted by Gasteiger charge is -2.20. The Kier molecular flexibility index (Phi) is 9.65. The molecule has 0 rings (SSSR count). The number of carbonyl (C=O) groups excluding carboxylic acids is 1. The third-order valence-electron chi connectivity index (χ3n) is 2.25. The molecular weight excluding hydrogens is 232 g/mol. The highest BCUT2D eigenvalue weighted by atomic mass is 32.2. The molecule has 3 nitrogen and oxygen atoms in total. The Bertz CT molecular complexity index is 202. The van der Waals surface area contributed by atoms with Gasteiger partial charge in [-0.3, -0.25) is 4.79 Å². The average Bonchev–Trinajstić information content (AvgIpc) is 2.19. The van der Waals surface area contributed by atoms with E-state index in [2.05, 4.69) is 16.9 Å². The third kappa shape index (κ3) is 13.7. The number of thioether (sulfide) groups is 1. The van der Waals surface area contributed by atoms with Crippen molar-refractivity contribution in [2.45, 2.75) is 52.0 Å². The van der Waals surface area contributed by atoms with E-state index in [1.807, 2.05) is 32.5 Å². The quantitative estimate of drug-likeness (QED) is 0.626. The van der Waals surface area contributed by atoms with Gasteiger partial charge in [0.15, 0.2) is 0 Å². The molecule has 0 fully saturated rings. The van der Waals surface area contributed by atoms with Crippen molar-refractivity contribution in [2.75, 3.05) is 25.1 Å². The first-order chi connectivity index (χ1) is 7.95. The van der Waals surface area contributed by atoms with Gasteiger partial charge in [0, 0.05) is 5.54 Å². The van der Waals surface area contributed by atoms with Crippen LogP contribution in [-0.4, -0.2) is 36.5 Å². The Balaban J connectivity index is 3.25. The molecule has 1 amide bonds. The summed E-state index contributed by atoms with van der Waals surface area (Å²) in [5.41, 5.74) is -0.128. The Morgan fingerprint density at radius 1 is 1.12 bits per heavy atom. The molecule has 0 aromatic heterocycles. The van der Waals surface area contributed by atoms with E-state index in [9.17, 15) is 4.79 Å². The van der Waals surface area contributed by atoms with E-state index >= 15 is 0 Å². The standard InChI is InChI=1S/C13H28N2OS/c1-13(2,3)15-12(16)11-14-9-7-5-6-8-10-17-4/h14H,5-11H2,1-4H3,(H,15,16). The molecule has 0 bridgehead atoms. The van der Waals surface area contributed by atoms with Crippen LogP contribution in [0.3, 0.4) is 0 Å². The maximum Gasteiger partial charge on any atom is 0.234 e. The van der Waals surface area contributed by atoms with Crippen molar-refractivity contribution >= 4 is 17.7 Å². The predicted molar refractivity (Wildman–Crippen MR) is 77.6 cm³/mol. The molecule has 4 heteroatoms. The van der Waals surface area contributed by atoms with Crippen LogP contribution in [0.2, 0.25) is 0 Å². The summed E-state index contributed by atoms with van der Waals surface area (Å²) < 4.78 is 0. The fourth-order valence-corrected chi connectivity index (χ4v) is 2.01. The van der Waals surface area contributed by atoms with E-state index < -0.39 is 0 Å². The van der Waals surface area contributed by atoms with Crippen molar-refractivity contribution < 1.29 is 4.79 Å². The van der Waals surface area contributed by atoms with E-state index in [0.29, 0.717) is 6.54 Å². The van der Waals surface area contributed by atoms with Crippen LogP contribution in [0, 0.1) is 0 Å². The highest BCUT2D eigenvalue weighted by molar-refractivity contribution is 7.98. The van der Waals surface area contributed by atoms with Gasteiger partial charge in [-0.25, -0.2) is 0 Å². The largest absolute Gasteiger partial charge is 0.350 e. The smallest absolute Gasteiger partial charge is 0.234 e. The Morgan fingerprint density at radius 3 is 2.35 bits per heavy atom. The molecule has 0 radical (unpaired) electrons. The fourth-order valence-electron chi connectivity index (χ4n) is 1.51. The van der Waals surface area contributed by atoms with Crippen molar-refractivity contribution in [3.63, 3.8) is 0 Å². The molecular formula is C13H28N2OS. The molecule has 0 aliphatic rings. The van der Waals surface area contributed by atoms with Gasteiger partial charge in [-0.1, -0.05) is 12.8 Å². The van der Waals surface area contributed by atoms with Crippen molar-refractivity contribution in [2.24, 2.45) is 0 Å². The zero-order valence-electron chi connectivity index (χ0n) is 11.8. The van der Waals surface area contributed by atoms with Gasteiger partial charge in [0.25, 0.3) is 0 Å². The number of carbonyl (C=O) groups is 1. The number of unbranched alkanes of at least 4 members (excludes halogenated alkanes) is 3. The zero-order chi connectivity index (χ0) is 13.1. The zero-order valence-corrected chi connectivity index (χ0v) is 12.6. The Morgan fingerprint density at radius 2 is 1.76 bits per heavy atom. The summed E-state index contributed by atoms with van der Waals surface area (Å²) in [6.07, 6.45) is 7.18.